The summed E-state index contributed by atoms with van der Waals surface area (Å²) in [7, 11) is 1.61. The fourth-order valence-corrected chi connectivity index (χ4v) is 2.52. The summed E-state index contributed by atoms with van der Waals surface area (Å²) >= 11 is 0. The average molecular weight is 264 g/mol. The number of aliphatic hydroxyl groups is 1. The van der Waals surface area contributed by atoms with Gasteiger partial charge in [-0.15, -0.1) is 0 Å². The lowest BCUT2D eigenvalue weighted by molar-refractivity contribution is -0.147. The number of esters is 1. The number of carbonyl (C=O) groups is 1. The van der Waals surface area contributed by atoms with Crippen LogP contribution in [-0.4, -0.2) is 24.8 Å². The summed E-state index contributed by atoms with van der Waals surface area (Å²) < 4.78 is 10.4. The fraction of sp³-hybridized carbons (Fsp3) is 0.533. The highest BCUT2D eigenvalue weighted by Gasteiger charge is 2.62. The Labute approximate surface area is 113 Å². The van der Waals surface area contributed by atoms with Crippen LogP contribution in [0.2, 0.25) is 0 Å². The lowest BCUT2D eigenvalue weighted by Gasteiger charge is -2.06. The number of rotatable bonds is 5. The highest BCUT2D eigenvalue weighted by Crippen LogP contribution is 2.58. The van der Waals surface area contributed by atoms with Gasteiger partial charge in [0.25, 0.3) is 0 Å². The fourth-order valence-electron chi connectivity index (χ4n) is 2.52. The molecule has 1 aliphatic rings. The lowest BCUT2D eigenvalue weighted by atomic mass is 10.1. The minimum absolute atomic E-state index is 0.0240. The molecule has 0 heterocycles. The number of aliphatic hydroxyl groups excluding tert-OH is 1. The maximum Gasteiger partial charge on any atom is 0.310 e. The summed E-state index contributed by atoms with van der Waals surface area (Å²) in [5.41, 5.74) is 0.777. The van der Waals surface area contributed by atoms with Gasteiger partial charge in [-0.05, 0) is 23.1 Å². The zero-order valence-electron chi connectivity index (χ0n) is 11.6. The molecule has 2 atom stereocenters. The molecule has 0 aliphatic heterocycles. The monoisotopic (exact) mass is 264 g/mol. The van der Waals surface area contributed by atoms with Crippen molar-refractivity contribution < 1.29 is 19.4 Å². The van der Waals surface area contributed by atoms with Gasteiger partial charge in [-0.2, -0.15) is 0 Å². The first-order valence-electron chi connectivity index (χ1n) is 6.41. The molecule has 19 heavy (non-hydrogen) atoms. The molecule has 0 aromatic heterocycles. The predicted octanol–water partition coefficient (Wildman–Crippen LogP) is 2.00. The predicted molar refractivity (Wildman–Crippen MR) is 70.6 cm³/mol. The molecule has 1 N–H and O–H groups in total. The third-order valence-electron chi connectivity index (χ3n) is 4.04. The van der Waals surface area contributed by atoms with Crippen LogP contribution in [0.3, 0.4) is 0 Å². The molecule has 0 spiro atoms. The second-order valence-electron chi connectivity index (χ2n) is 5.54. The Morgan fingerprint density at radius 1 is 1.32 bits per heavy atom. The van der Waals surface area contributed by atoms with E-state index in [0.717, 1.165) is 11.3 Å². The van der Waals surface area contributed by atoms with Crippen molar-refractivity contribution in [2.24, 2.45) is 17.3 Å². The summed E-state index contributed by atoms with van der Waals surface area (Å²) in [4.78, 5) is 11.9. The maximum absolute atomic E-state index is 11.9. The number of methoxy groups -OCH3 is 1. The maximum atomic E-state index is 11.9. The van der Waals surface area contributed by atoms with E-state index in [2.05, 4.69) is 0 Å². The zero-order valence-corrected chi connectivity index (χ0v) is 11.6. The van der Waals surface area contributed by atoms with Crippen molar-refractivity contribution in [2.45, 2.75) is 20.5 Å². The summed E-state index contributed by atoms with van der Waals surface area (Å²) in [6, 6.07) is 7.41. The number of ether oxygens (including phenoxy) is 2. The van der Waals surface area contributed by atoms with Gasteiger partial charge in [0.15, 0.2) is 0 Å². The van der Waals surface area contributed by atoms with Crippen LogP contribution in [0.4, 0.5) is 0 Å². The Balaban J connectivity index is 1.87. The molecule has 1 aromatic carbocycles. The number of hydrogen-bond acceptors (Lipinski definition) is 4. The molecule has 0 radical (unpaired) electrons. The number of hydrogen-bond donors (Lipinski definition) is 1. The SMILES string of the molecule is COc1ccc(COC(=O)C2C(CO)C2(C)C)cc1. The average Bonchev–Trinajstić information content (AvgIpc) is 2.98. The van der Waals surface area contributed by atoms with Crippen LogP contribution in [0.15, 0.2) is 24.3 Å². The molecule has 0 amide bonds. The van der Waals surface area contributed by atoms with E-state index in [9.17, 15) is 9.90 Å². The van der Waals surface area contributed by atoms with Crippen molar-refractivity contribution in [3.8, 4) is 5.75 Å². The molecule has 2 rings (SSSR count). The molecular formula is C15H20O4. The van der Waals surface area contributed by atoms with Crippen LogP contribution >= 0.6 is 0 Å². The lowest BCUT2D eigenvalue weighted by Crippen LogP contribution is -2.11. The largest absolute Gasteiger partial charge is 0.497 e. The normalized spacial score (nSPS) is 23.8. The van der Waals surface area contributed by atoms with Gasteiger partial charge < -0.3 is 14.6 Å². The number of carbonyl (C=O) groups excluding carboxylic acids is 1. The van der Waals surface area contributed by atoms with E-state index >= 15 is 0 Å². The second-order valence-corrected chi connectivity index (χ2v) is 5.54. The molecule has 1 aromatic rings. The quantitative estimate of drug-likeness (QED) is 0.826. The first kappa shape index (κ1) is 13.9. The van der Waals surface area contributed by atoms with E-state index in [1.54, 1.807) is 7.11 Å². The summed E-state index contributed by atoms with van der Waals surface area (Å²) in [5.74, 6) is 0.394. The summed E-state index contributed by atoms with van der Waals surface area (Å²) in [6.07, 6.45) is 0. The summed E-state index contributed by atoms with van der Waals surface area (Å²) in [5, 5.41) is 9.18. The Morgan fingerprint density at radius 2 is 1.95 bits per heavy atom. The van der Waals surface area contributed by atoms with E-state index in [4.69, 9.17) is 9.47 Å². The molecule has 104 valence electrons. The van der Waals surface area contributed by atoms with Crippen molar-refractivity contribution in [3.63, 3.8) is 0 Å². The zero-order chi connectivity index (χ0) is 14.0. The van der Waals surface area contributed by atoms with Gasteiger partial charge in [0.1, 0.15) is 12.4 Å². The second kappa shape index (κ2) is 5.21. The highest BCUT2D eigenvalue weighted by molar-refractivity contribution is 5.77. The summed E-state index contributed by atoms with van der Waals surface area (Å²) in [6.45, 7) is 4.25. The molecule has 4 heteroatoms. The molecule has 4 nitrogen and oxygen atoms in total. The molecule has 1 fully saturated rings. The Hall–Kier alpha value is -1.55. The third kappa shape index (κ3) is 2.73. The van der Waals surface area contributed by atoms with Gasteiger partial charge in [-0.1, -0.05) is 26.0 Å². The van der Waals surface area contributed by atoms with Crippen molar-refractivity contribution in [2.75, 3.05) is 13.7 Å². The Kier molecular flexibility index (Phi) is 3.80. The Bertz CT molecular complexity index is 450. The number of benzene rings is 1. The molecule has 0 bridgehead atoms. The molecular weight excluding hydrogens is 244 g/mol. The van der Waals surface area contributed by atoms with Crippen LogP contribution < -0.4 is 4.74 Å². The van der Waals surface area contributed by atoms with Crippen molar-refractivity contribution in [1.29, 1.82) is 0 Å². The van der Waals surface area contributed by atoms with Crippen LogP contribution in [0.25, 0.3) is 0 Å². The van der Waals surface area contributed by atoms with Gasteiger partial charge in [0.05, 0.1) is 13.0 Å². The van der Waals surface area contributed by atoms with E-state index < -0.39 is 0 Å². The van der Waals surface area contributed by atoms with E-state index in [0.29, 0.717) is 0 Å². The van der Waals surface area contributed by atoms with Gasteiger partial charge in [-0.25, -0.2) is 0 Å². The van der Waals surface area contributed by atoms with Gasteiger partial charge in [-0.3, -0.25) is 4.79 Å². The van der Waals surface area contributed by atoms with Gasteiger partial charge in [0, 0.05) is 12.5 Å². The minimum Gasteiger partial charge on any atom is -0.497 e. The van der Waals surface area contributed by atoms with Crippen molar-refractivity contribution >= 4 is 5.97 Å². The van der Waals surface area contributed by atoms with E-state index in [-0.39, 0.29) is 36.4 Å². The van der Waals surface area contributed by atoms with E-state index in [1.807, 2.05) is 38.1 Å². The molecule has 1 saturated carbocycles. The van der Waals surface area contributed by atoms with Crippen LogP contribution in [0, 0.1) is 17.3 Å². The third-order valence-corrected chi connectivity index (χ3v) is 4.04. The van der Waals surface area contributed by atoms with Crippen molar-refractivity contribution in [3.05, 3.63) is 29.8 Å². The molecule has 2 unspecified atom stereocenters. The van der Waals surface area contributed by atoms with Crippen LogP contribution in [0.5, 0.6) is 5.75 Å². The smallest absolute Gasteiger partial charge is 0.310 e. The van der Waals surface area contributed by atoms with Gasteiger partial charge >= 0.3 is 5.97 Å². The molecule has 1 aliphatic carbocycles. The van der Waals surface area contributed by atoms with Crippen LogP contribution in [-0.2, 0) is 16.1 Å². The van der Waals surface area contributed by atoms with E-state index in [1.165, 1.54) is 0 Å². The standard InChI is InChI=1S/C15H20O4/c1-15(2)12(8-16)13(15)14(17)19-9-10-4-6-11(18-3)7-5-10/h4-7,12-13,16H,8-9H2,1-3H3. The minimum atomic E-state index is -0.222. The topological polar surface area (TPSA) is 55.8 Å². The van der Waals surface area contributed by atoms with Crippen molar-refractivity contribution in [1.82, 2.24) is 0 Å². The molecule has 0 saturated heterocycles. The highest BCUT2D eigenvalue weighted by atomic mass is 16.5. The first-order valence-corrected chi connectivity index (χ1v) is 6.41. The van der Waals surface area contributed by atoms with Crippen LogP contribution in [0.1, 0.15) is 19.4 Å². The van der Waals surface area contributed by atoms with Gasteiger partial charge in [0.2, 0.25) is 0 Å². The Morgan fingerprint density at radius 3 is 2.42 bits per heavy atom. The first-order chi connectivity index (χ1) is 9.00.